The van der Waals surface area contributed by atoms with Crippen LogP contribution < -0.4 is 10.6 Å². The van der Waals surface area contributed by atoms with Crippen molar-refractivity contribution in [1.29, 1.82) is 0 Å². The zero-order chi connectivity index (χ0) is 17.4. The molecule has 1 aromatic carbocycles. The Morgan fingerprint density at radius 3 is 2.46 bits per heavy atom. The number of alkyl halides is 3. The number of rotatable bonds is 4. The van der Waals surface area contributed by atoms with Crippen LogP contribution in [-0.2, 0) is 10.4 Å². The second-order valence-corrected chi connectivity index (χ2v) is 6.81. The van der Waals surface area contributed by atoms with E-state index in [2.05, 4.69) is 10.6 Å². The third-order valence-electron chi connectivity index (χ3n) is 5.34. The summed E-state index contributed by atoms with van der Waals surface area (Å²) >= 11 is 0. The highest BCUT2D eigenvalue weighted by Crippen LogP contribution is 2.58. The van der Waals surface area contributed by atoms with Gasteiger partial charge >= 0.3 is 6.18 Å². The lowest BCUT2D eigenvalue weighted by Gasteiger charge is -2.31. The molecule has 24 heavy (non-hydrogen) atoms. The highest BCUT2D eigenvalue weighted by atomic mass is 19.4. The van der Waals surface area contributed by atoms with Gasteiger partial charge < -0.3 is 15.7 Å². The van der Waals surface area contributed by atoms with Gasteiger partial charge in [0.1, 0.15) is 0 Å². The van der Waals surface area contributed by atoms with E-state index in [9.17, 15) is 23.1 Å². The lowest BCUT2D eigenvalue weighted by Crippen LogP contribution is -2.51. The van der Waals surface area contributed by atoms with E-state index in [1.807, 2.05) is 0 Å². The summed E-state index contributed by atoms with van der Waals surface area (Å²) in [7, 11) is 0. The maximum absolute atomic E-state index is 13.4. The zero-order valence-corrected chi connectivity index (χ0v) is 13.2. The number of carbonyl (C=O) groups is 1. The van der Waals surface area contributed by atoms with Crippen molar-refractivity contribution < 1.29 is 23.1 Å². The minimum absolute atomic E-state index is 0.0571. The van der Waals surface area contributed by atoms with Crippen molar-refractivity contribution in [2.45, 2.75) is 31.0 Å². The average molecular weight is 342 g/mol. The van der Waals surface area contributed by atoms with Crippen LogP contribution in [0.1, 0.15) is 24.8 Å². The summed E-state index contributed by atoms with van der Waals surface area (Å²) in [5.74, 6) is -0.636. The topological polar surface area (TPSA) is 61.4 Å². The monoisotopic (exact) mass is 342 g/mol. The fourth-order valence-electron chi connectivity index (χ4n) is 3.61. The first-order valence-electron chi connectivity index (χ1n) is 8.12. The minimum Gasteiger partial charge on any atom is -0.375 e. The van der Waals surface area contributed by atoms with Gasteiger partial charge in [-0.1, -0.05) is 30.3 Å². The second-order valence-electron chi connectivity index (χ2n) is 6.81. The van der Waals surface area contributed by atoms with Crippen LogP contribution >= 0.6 is 0 Å². The van der Waals surface area contributed by atoms with Gasteiger partial charge in [-0.25, -0.2) is 0 Å². The molecule has 132 valence electrons. The van der Waals surface area contributed by atoms with Crippen LogP contribution in [0.5, 0.6) is 0 Å². The molecule has 1 saturated carbocycles. The number of halogens is 3. The fraction of sp³-hybridized carbons (Fsp3) is 0.588. The first kappa shape index (κ1) is 17.2. The van der Waals surface area contributed by atoms with Crippen molar-refractivity contribution in [2.24, 2.45) is 11.3 Å². The predicted molar refractivity (Wildman–Crippen MR) is 82.0 cm³/mol. The molecular weight excluding hydrogens is 321 g/mol. The molecule has 3 rings (SSSR count). The maximum atomic E-state index is 13.4. The van der Waals surface area contributed by atoms with Gasteiger partial charge in [0.15, 0.2) is 0 Å². The molecule has 0 bridgehead atoms. The summed E-state index contributed by atoms with van der Waals surface area (Å²) in [6, 6.07) is 6.86. The Morgan fingerprint density at radius 1 is 1.25 bits per heavy atom. The Bertz CT molecular complexity index is 600. The maximum Gasteiger partial charge on any atom is 0.423 e. The van der Waals surface area contributed by atoms with E-state index in [0.717, 1.165) is 32.4 Å². The van der Waals surface area contributed by atoms with Crippen LogP contribution in [0.25, 0.3) is 0 Å². The van der Waals surface area contributed by atoms with Crippen molar-refractivity contribution >= 4 is 5.91 Å². The number of aliphatic hydroxyl groups is 1. The molecule has 2 unspecified atom stereocenters. The van der Waals surface area contributed by atoms with Crippen LogP contribution in [-0.4, -0.2) is 36.8 Å². The van der Waals surface area contributed by atoms with E-state index in [4.69, 9.17) is 0 Å². The summed E-state index contributed by atoms with van der Waals surface area (Å²) in [6.45, 7) is 0.796. The van der Waals surface area contributed by atoms with Crippen LogP contribution in [0, 0.1) is 11.3 Å². The van der Waals surface area contributed by atoms with E-state index >= 15 is 0 Å². The summed E-state index contributed by atoms with van der Waals surface area (Å²) in [6.07, 6.45) is -2.42. The standard InChI is InChI=1S/C17H21F3N2O2/c18-17(19,20)16(24,12-4-2-1-3-5-12)11-22-14(23)13-10-15(13)6-8-21-9-7-15/h1-5,13,21,24H,6-11H2,(H,22,23). The van der Waals surface area contributed by atoms with Gasteiger partial charge in [0.2, 0.25) is 11.5 Å². The number of piperidine rings is 1. The minimum atomic E-state index is -4.88. The van der Waals surface area contributed by atoms with Crippen molar-refractivity contribution in [1.82, 2.24) is 10.6 Å². The molecule has 0 aromatic heterocycles. The largest absolute Gasteiger partial charge is 0.423 e. The number of hydrogen-bond acceptors (Lipinski definition) is 3. The van der Waals surface area contributed by atoms with E-state index in [1.54, 1.807) is 6.07 Å². The van der Waals surface area contributed by atoms with E-state index in [-0.39, 0.29) is 16.9 Å². The van der Waals surface area contributed by atoms with Crippen molar-refractivity contribution in [3.63, 3.8) is 0 Å². The molecule has 2 fully saturated rings. The summed E-state index contributed by atoms with van der Waals surface area (Å²) in [5, 5.41) is 15.8. The van der Waals surface area contributed by atoms with Gasteiger partial charge in [-0.2, -0.15) is 13.2 Å². The van der Waals surface area contributed by atoms with Crippen LogP contribution in [0.3, 0.4) is 0 Å². The molecule has 2 aliphatic rings. The molecule has 0 radical (unpaired) electrons. The van der Waals surface area contributed by atoms with Crippen LogP contribution in [0.4, 0.5) is 13.2 Å². The van der Waals surface area contributed by atoms with Gasteiger partial charge in [-0.3, -0.25) is 4.79 Å². The fourth-order valence-corrected chi connectivity index (χ4v) is 3.61. The highest BCUT2D eigenvalue weighted by molar-refractivity contribution is 5.82. The molecule has 3 N–H and O–H groups in total. The first-order chi connectivity index (χ1) is 11.3. The lowest BCUT2D eigenvalue weighted by atomic mass is 9.91. The molecule has 1 amide bonds. The van der Waals surface area contributed by atoms with Crippen molar-refractivity contribution in [2.75, 3.05) is 19.6 Å². The average Bonchev–Trinajstić information content (AvgIpc) is 3.26. The SMILES string of the molecule is O=C(NCC(O)(c1ccccc1)C(F)(F)F)C1CC12CCNCC2. The van der Waals surface area contributed by atoms with Gasteiger partial charge in [0, 0.05) is 5.92 Å². The molecule has 2 atom stereocenters. The molecule has 1 spiro atoms. The quantitative estimate of drug-likeness (QED) is 0.784. The summed E-state index contributed by atoms with van der Waals surface area (Å²) < 4.78 is 40.2. The Labute approximate surface area is 138 Å². The van der Waals surface area contributed by atoms with E-state index < -0.39 is 24.2 Å². The number of benzene rings is 1. The van der Waals surface area contributed by atoms with Gasteiger partial charge in [0.25, 0.3) is 0 Å². The molecule has 1 heterocycles. The van der Waals surface area contributed by atoms with Gasteiger partial charge in [-0.05, 0) is 43.3 Å². The third kappa shape index (κ3) is 3.02. The zero-order valence-electron chi connectivity index (χ0n) is 13.2. The number of hydrogen-bond donors (Lipinski definition) is 3. The molecule has 1 aliphatic heterocycles. The van der Waals surface area contributed by atoms with E-state index in [0.29, 0.717) is 0 Å². The van der Waals surface area contributed by atoms with Crippen LogP contribution in [0.15, 0.2) is 30.3 Å². The van der Waals surface area contributed by atoms with E-state index in [1.165, 1.54) is 24.3 Å². The molecule has 4 nitrogen and oxygen atoms in total. The molecule has 1 aliphatic carbocycles. The normalized spacial score (nSPS) is 25.1. The molecule has 1 aromatic rings. The summed E-state index contributed by atoms with van der Waals surface area (Å²) in [4.78, 5) is 12.3. The Kier molecular flexibility index (Phi) is 4.34. The Balaban J connectivity index is 1.68. The number of nitrogens with one attached hydrogen (secondary N) is 2. The molecule has 7 heteroatoms. The third-order valence-corrected chi connectivity index (χ3v) is 5.34. The predicted octanol–water partition coefficient (Wildman–Crippen LogP) is 1.94. The Hall–Kier alpha value is -1.60. The highest BCUT2D eigenvalue weighted by Gasteiger charge is 2.59. The summed E-state index contributed by atoms with van der Waals surface area (Å²) in [5.41, 5.74) is -3.41. The van der Waals surface area contributed by atoms with Gasteiger partial charge in [0.05, 0.1) is 6.54 Å². The van der Waals surface area contributed by atoms with Crippen LogP contribution in [0.2, 0.25) is 0 Å². The Morgan fingerprint density at radius 2 is 1.88 bits per heavy atom. The number of carbonyl (C=O) groups excluding carboxylic acids is 1. The smallest absolute Gasteiger partial charge is 0.375 e. The number of amides is 1. The first-order valence-corrected chi connectivity index (χ1v) is 8.12. The van der Waals surface area contributed by atoms with Crippen molar-refractivity contribution in [3.05, 3.63) is 35.9 Å². The van der Waals surface area contributed by atoms with Crippen molar-refractivity contribution in [3.8, 4) is 0 Å². The van der Waals surface area contributed by atoms with Gasteiger partial charge in [-0.15, -0.1) is 0 Å². The molecule has 1 saturated heterocycles. The molecular formula is C17H21F3N2O2. The lowest BCUT2D eigenvalue weighted by molar-refractivity contribution is -0.264. The second kappa shape index (κ2) is 6.04.